The third kappa shape index (κ3) is 11.1. The van der Waals surface area contributed by atoms with Gasteiger partial charge in [-0.25, -0.2) is 0 Å². The summed E-state index contributed by atoms with van der Waals surface area (Å²) in [4.78, 5) is 16.0. The molecular weight excluding hydrogens is 282 g/mol. The molecule has 0 aliphatic carbocycles. The number of hydrogen-bond donors (Lipinski definition) is 0. The maximum absolute atomic E-state index is 11.9. The monoisotopic (exact) mass is 317 g/mol. The minimum absolute atomic E-state index is 0.189. The standard InChI is InChI=1S/C21H35NO/c1-2-3-4-5-6-7-8-9-10-11-12-13-14-18-21(23)20-17-15-16-19-22-20/h15-17,19H,2-14,18H2,1H3. The molecule has 1 heterocycles. The van der Waals surface area contributed by atoms with Gasteiger partial charge >= 0.3 is 0 Å². The van der Waals surface area contributed by atoms with E-state index in [2.05, 4.69) is 11.9 Å². The van der Waals surface area contributed by atoms with Gasteiger partial charge in [0.05, 0.1) is 0 Å². The Morgan fingerprint density at radius 2 is 1.30 bits per heavy atom. The lowest BCUT2D eigenvalue weighted by Gasteiger charge is -2.03. The molecule has 0 spiro atoms. The highest BCUT2D eigenvalue weighted by atomic mass is 16.1. The lowest BCUT2D eigenvalue weighted by molar-refractivity contribution is 0.0974. The van der Waals surface area contributed by atoms with Gasteiger partial charge in [-0.3, -0.25) is 9.78 Å². The Bertz CT molecular complexity index is 388. The van der Waals surface area contributed by atoms with Crippen molar-refractivity contribution in [2.75, 3.05) is 0 Å². The zero-order chi connectivity index (χ0) is 16.6. The molecule has 1 aromatic heterocycles. The van der Waals surface area contributed by atoms with Crippen molar-refractivity contribution in [3.05, 3.63) is 30.1 Å². The number of pyridine rings is 1. The summed E-state index contributed by atoms with van der Waals surface area (Å²) in [7, 11) is 0. The molecule has 0 aliphatic rings. The predicted octanol–water partition coefficient (Wildman–Crippen LogP) is 6.75. The van der Waals surface area contributed by atoms with E-state index < -0.39 is 0 Å². The predicted molar refractivity (Wildman–Crippen MR) is 98.9 cm³/mol. The summed E-state index contributed by atoms with van der Waals surface area (Å²) in [5.41, 5.74) is 0.617. The third-order valence-electron chi connectivity index (χ3n) is 4.46. The van der Waals surface area contributed by atoms with Crippen molar-refractivity contribution in [1.82, 2.24) is 4.98 Å². The molecule has 0 amide bonds. The number of aromatic nitrogens is 1. The number of nitrogens with zero attached hydrogens (tertiary/aromatic N) is 1. The molecule has 1 rings (SSSR count). The Morgan fingerprint density at radius 1 is 0.783 bits per heavy atom. The van der Waals surface area contributed by atoms with E-state index in [1.54, 1.807) is 6.20 Å². The Hall–Kier alpha value is -1.18. The van der Waals surface area contributed by atoms with Crippen LogP contribution in [0.2, 0.25) is 0 Å². The highest BCUT2D eigenvalue weighted by molar-refractivity contribution is 5.94. The highest BCUT2D eigenvalue weighted by Crippen LogP contribution is 2.13. The molecule has 0 N–H and O–H groups in total. The van der Waals surface area contributed by atoms with E-state index in [4.69, 9.17) is 0 Å². The SMILES string of the molecule is CCCCCCCCCCCCCCCC(=O)c1ccccn1. The summed E-state index contributed by atoms with van der Waals surface area (Å²) in [5.74, 6) is 0.189. The van der Waals surface area contributed by atoms with Crippen LogP contribution in [-0.2, 0) is 0 Å². The fourth-order valence-electron chi connectivity index (χ4n) is 2.96. The lowest BCUT2D eigenvalue weighted by atomic mass is 10.0. The zero-order valence-electron chi connectivity index (χ0n) is 15.1. The highest BCUT2D eigenvalue weighted by Gasteiger charge is 2.05. The molecule has 23 heavy (non-hydrogen) atoms. The Labute approximate surface area is 143 Å². The van der Waals surface area contributed by atoms with Crippen molar-refractivity contribution in [2.45, 2.75) is 96.8 Å². The van der Waals surface area contributed by atoms with Crippen LogP contribution in [-0.4, -0.2) is 10.8 Å². The van der Waals surface area contributed by atoms with Crippen LogP contribution in [0.4, 0.5) is 0 Å². The first-order valence-corrected chi connectivity index (χ1v) is 9.79. The first-order chi connectivity index (χ1) is 11.3. The van der Waals surface area contributed by atoms with Gasteiger partial charge in [-0.2, -0.15) is 0 Å². The van der Waals surface area contributed by atoms with Gasteiger partial charge < -0.3 is 0 Å². The molecule has 2 heteroatoms. The van der Waals surface area contributed by atoms with Crippen LogP contribution < -0.4 is 0 Å². The Morgan fingerprint density at radius 3 is 1.78 bits per heavy atom. The molecule has 0 aliphatic heterocycles. The second kappa shape index (κ2) is 14.4. The van der Waals surface area contributed by atoms with Gasteiger partial charge in [-0.1, -0.05) is 90.0 Å². The summed E-state index contributed by atoms with van der Waals surface area (Å²) in [5, 5.41) is 0. The summed E-state index contributed by atoms with van der Waals surface area (Å²) in [6, 6.07) is 5.54. The topological polar surface area (TPSA) is 30.0 Å². The molecule has 0 atom stereocenters. The van der Waals surface area contributed by atoms with Gasteiger partial charge in [0, 0.05) is 12.6 Å². The van der Waals surface area contributed by atoms with Crippen molar-refractivity contribution < 1.29 is 4.79 Å². The first-order valence-electron chi connectivity index (χ1n) is 9.79. The van der Waals surface area contributed by atoms with Gasteiger partial charge in [-0.05, 0) is 18.6 Å². The molecule has 1 aromatic rings. The van der Waals surface area contributed by atoms with E-state index >= 15 is 0 Å². The van der Waals surface area contributed by atoms with Crippen LogP contribution in [0.5, 0.6) is 0 Å². The minimum atomic E-state index is 0.189. The summed E-state index contributed by atoms with van der Waals surface area (Å²) >= 11 is 0. The third-order valence-corrected chi connectivity index (χ3v) is 4.46. The van der Waals surface area contributed by atoms with E-state index in [0.717, 1.165) is 6.42 Å². The van der Waals surface area contributed by atoms with Crippen molar-refractivity contribution in [3.8, 4) is 0 Å². The smallest absolute Gasteiger partial charge is 0.181 e. The molecule has 0 unspecified atom stereocenters. The Balaban J connectivity index is 1.82. The number of hydrogen-bond acceptors (Lipinski definition) is 2. The maximum atomic E-state index is 11.9. The molecule has 0 bridgehead atoms. The van der Waals surface area contributed by atoms with E-state index in [-0.39, 0.29) is 5.78 Å². The number of carbonyl (C=O) groups excluding carboxylic acids is 1. The maximum Gasteiger partial charge on any atom is 0.181 e. The van der Waals surface area contributed by atoms with Gasteiger partial charge in [-0.15, -0.1) is 0 Å². The van der Waals surface area contributed by atoms with Crippen molar-refractivity contribution in [3.63, 3.8) is 0 Å². The van der Waals surface area contributed by atoms with Crippen LogP contribution >= 0.6 is 0 Å². The normalized spacial score (nSPS) is 10.8. The number of rotatable bonds is 15. The van der Waals surface area contributed by atoms with Gasteiger partial charge in [0.2, 0.25) is 0 Å². The molecule has 130 valence electrons. The fraction of sp³-hybridized carbons (Fsp3) is 0.714. The minimum Gasteiger partial charge on any atom is -0.292 e. The van der Waals surface area contributed by atoms with Crippen LogP contribution in [0, 0.1) is 0 Å². The Kier molecular flexibility index (Phi) is 12.5. The van der Waals surface area contributed by atoms with E-state index in [9.17, 15) is 4.79 Å². The molecule has 2 nitrogen and oxygen atoms in total. The number of Topliss-reactive ketones (excluding diaryl/α,β-unsaturated/α-hetero) is 1. The number of carbonyl (C=O) groups is 1. The lowest BCUT2D eigenvalue weighted by Crippen LogP contribution is -2.01. The molecule has 0 aromatic carbocycles. The van der Waals surface area contributed by atoms with E-state index in [1.807, 2.05) is 18.2 Å². The van der Waals surface area contributed by atoms with Gasteiger partial charge in [0.15, 0.2) is 5.78 Å². The second-order valence-corrected chi connectivity index (χ2v) is 6.63. The molecule has 0 saturated heterocycles. The summed E-state index contributed by atoms with van der Waals surface area (Å²) in [6.07, 6.45) is 19.7. The average Bonchev–Trinajstić information content (AvgIpc) is 2.59. The van der Waals surface area contributed by atoms with Crippen LogP contribution in [0.3, 0.4) is 0 Å². The quantitative estimate of drug-likeness (QED) is 0.264. The fourth-order valence-corrected chi connectivity index (χ4v) is 2.96. The molecule has 0 fully saturated rings. The number of unbranched alkanes of at least 4 members (excludes halogenated alkanes) is 12. The second-order valence-electron chi connectivity index (χ2n) is 6.63. The van der Waals surface area contributed by atoms with E-state index in [1.165, 1.54) is 77.0 Å². The van der Waals surface area contributed by atoms with Crippen LogP contribution in [0.15, 0.2) is 24.4 Å². The molecule has 0 radical (unpaired) electrons. The summed E-state index contributed by atoms with van der Waals surface area (Å²) in [6.45, 7) is 2.27. The van der Waals surface area contributed by atoms with Gasteiger partial charge in [0.25, 0.3) is 0 Å². The zero-order valence-corrected chi connectivity index (χ0v) is 15.1. The first kappa shape index (κ1) is 19.9. The van der Waals surface area contributed by atoms with Crippen LogP contribution in [0.25, 0.3) is 0 Å². The number of ketones is 1. The molecular formula is C21H35NO. The van der Waals surface area contributed by atoms with Crippen molar-refractivity contribution in [1.29, 1.82) is 0 Å². The average molecular weight is 318 g/mol. The summed E-state index contributed by atoms with van der Waals surface area (Å²) < 4.78 is 0. The van der Waals surface area contributed by atoms with Gasteiger partial charge in [0.1, 0.15) is 5.69 Å². The molecule has 0 saturated carbocycles. The van der Waals surface area contributed by atoms with Crippen molar-refractivity contribution in [2.24, 2.45) is 0 Å². The van der Waals surface area contributed by atoms with E-state index in [0.29, 0.717) is 12.1 Å². The van der Waals surface area contributed by atoms with Crippen LogP contribution in [0.1, 0.15) is 107 Å². The van der Waals surface area contributed by atoms with Crippen molar-refractivity contribution >= 4 is 5.78 Å². The largest absolute Gasteiger partial charge is 0.292 e.